The zero-order valence-corrected chi connectivity index (χ0v) is 19.6. The first-order chi connectivity index (χ1) is 16.7. The van der Waals surface area contributed by atoms with Gasteiger partial charge in [-0.3, -0.25) is 19.3 Å². The molecule has 8 nitrogen and oxygen atoms in total. The molecule has 35 heavy (non-hydrogen) atoms. The number of aromatic nitrogens is 2. The van der Waals surface area contributed by atoms with Crippen LogP contribution in [0.25, 0.3) is 17.1 Å². The number of nitrogens with one attached hydrogen (secondary N) is 1. The zero-order chi connectivity index (χ0) is 25.1. The number of fused-ring (bicyclic) bond motifs is 1. The molecule has 180 valence electrons. The monoisotopic (exact) mass is 498 g/mol. The fraction of sp³-hybridized carbons (Fsp3) is 0.208. The number of halogens is 2. The molecule has 11 heteroatoms. The minimum Gasteiger partial charge on any atom is -0.435 e. The van der Waals surface area contributed by atoms with E-state index in [1.807, 2.05) is 13.8 Å². The summed E-state index contributed by atoms with van der Waals surface area (Å²) in [6.07, 6.45) is 1.50. The van der Waals surface area contributed by atoms with Crippen molar-refractivity contribution in [3.63, 3.8) is 0 Å². The summed E-state index contributed by atoms with van der Waals surface area (Å²) in [5.41, 5.74) is 3.83. The Morgan fingerprint density at radius 3 is 2.46 bits per heavy atom. The van der Waals surface area contributed by atoms with Gasteiger partial charge in [0.25, 0.3) is 17.1 Å². The van der Waals surface area contributed by atoms with Crippen molar-refractivity contribution in [2.75, 3.05) is 13.1 Å². The van der Waals surface area contributed by atoms with Crippen molar-refractivity contribution in [3.8, 4) is 5.75 Å². The molecule has 3 amide bonds. The van der Waals surface area contributed by atoms with Gasteiger partial charge in [-0.1, -0.05) is 12.1 Å². The number of thioether (sulfide) groups is 1. The molecule has 1 aromatic heterocycles. The molecular weight excluding hydrogens is 478 g/mol. The van der Waals surface area contributed by atoms with Gasteiger partial charge in [-0.25, -0.2) is 9.97 Å². The molecule has 0 atom stereocenters. The van der Waals surface area contributed by atoms with E-state index in [-0.39, 0.29) is 29.7 Å². The van der Waals surface area contributed by atoms with Crippen LogP contribution in [0.2, 0.25) is 0 Å². The molecule has 1 saturated heterocycles. The van der Waals surface area contributed by atoms with Gasteiger partial charge < -0.3 is 10.1 Å². The van der Waals surface area contributed by atoms with Gasteiger partial charge in [0.2, 0.25) is 0 Å². The van der Waals surface area contributed by atoms with Crippen LogP contribution in [0.15, 0.2) is 47.4 Å². The topological polar surface area (TPSA) is 101 Å². The second kappa shape index (κ2) is 10.2. The Bertz CT molecular complexity index is 1350. The molecule has 0 bridgehead atoms. The van der Waals surface area contributed by atoms with Gasteiger partial charge in [-0.15, -0.1) is 0 Å². The van der Waals surface area contributed by atoms with E-state index in [2.05, 4.69) is 20.0 Å². The van der Waals surface area contributed by atoms with Gasteiger partial charge >= 0.3 is 6.61 Å². The van der Waals surface area contributed by atoms with Gasteiger partial charge in [-0.05, 0) is 67.6 Å². The number of ether oxygens (including phenoxy) is 1. The number of nitrogens with zero attached hydrogens (tertiary/aromatic N) is 3. The number of imide groups is 1. The standard InChI is InChI=1S/C24H20F2N4O4S/c1-13-14(2)29-19-12-16(5-8-18(19)28-13)21(31)27-9-10-30-22(32)20(35-24(30)33)11-15-3-6-17(7-4-15)34-23(25)26/h3-8,11-12,23H,9-10H2,1-2H3,(H,27,31)/b20-11-. The molecule has 0 radical (unpaired) electrons. The van der Waals surface area contributed by atoms with Gasteiger partial charge in [0, 0.05) is 18.7 Å². The lowest BCUT2D eigenvalue weighted by atomic mass is 10.1. The molecule has 0 aliphatic carbocycles. The number of alkyl halides is 2. The molecule has 1 aliphatic heterocycles. The first kappa shape index (κ1) is 24.3. The van der Waals surface area contributed by atoms with E-state index in [9.17, 15) is 23.2 Å². The van der Waals surface area contributed by atoms with Crippen LogP contribution in [0.3, 0.4) is 0 Å². The summed E-state index contributed by atoms with van der Waals surface area (Å²) in [6.45, 7) is 0.849. The molecule has 0 unspecified atom stereocenters. The Morgan fingerprint density at radius 1 is 1.09 bits per heavy atom. The van der Waals surface area contributed by atoms with E-state index >= 15 is 0 Å². The molecule has 1 N–H and O–H groups in total. The maximum Gasteiger partial charge on any atom is 0.387 e. The number of hydrogen-bond donors (Lipinski definition) is 1. The minimum atomic E-state index is -2.93. The first-order valence-corrected chi connectivity index (χ1v) is 11.4. The smallest absolute Gasteiger partial charge is 0.387 e. The first-order valence-electron chi connectivity index (χ1n) is 10.5. The lowest BCUT2D eigenvalue weighted by Gasteiger charge is -2.13. The van der Waals surface area contributed by atoms with Crippen molar-refractivity contribution in [1.29, 1.82) is 0 Å². The van der Waals surface area contributed by atoms with Crippen LogP contribution in [0.1, 0.15) is 27.3 Å². The third-order valence-corrected chi connectivity index (χ3v) is 6.14. The normalized spacial score (nSPS) is 14.9. The van der Waals surface area contributed by atoms with E-state index in [4.69, 9.17) is 0 Å². The Kier molecular flexibility index (Phi) is 7.06. The van der Waals surface area contributed by atoms with Crippen molar-refractivity contribution in [2.45, 2.75) is 20.5 Å². The Hall–Kier alpha value is -3.86. The second-order valence-electron chi connectivity index (χ2n) is 7.63. The van der Waals surface area contributed by atoms with Crippen molar-refractivity contribution in [3.05, 3.63) is 69.9 Å². The van der Waals surface area contributed by atoms with E-state index in [0.29, 0.717) is 22.2 Å². The maximum atomic E-state index is 12.6. The summed E-state index contributed by atoms with van der Waals surface area (Å²) in [5.74, 6) is -0.862. The lowest BCUT2D eigenvalue weighted by molar-refractivity contribution is -0.122. The molecular formula is C24H20F2N4O4S. The summed E-state index contributed by atoms with van der Waals surface area (Å²) in [5, 5.41) is 2.25. The Labute approximate surface area is 203 Å². The summed E-state index contributed by atoms with van der Waals surface area (Å²) < 4.78 is 28.8. The summed E-state index contributed by atoms with van der Waals surface area (Å²) >= 11 is 0.770. The second-order valence-corrected chi connectivity index (χ2v) is 8.63. The number of amides is 3. The highest BCUT2D eigenvalue weighted by Crippen LogP contribution is 2.32. The highest BCUT2D eigenvalue weighted by molar-refractivity contribution is 8.18. The fourth-order valence-electron chi connectivity index (χ4n) is 3.34. The van der Waals surface area contributed by atoms with Crippen LogP contribution in [-0.2, 0) is 4.79 Å². The molecule has 4 rings (SSSR count). The Balaban J connectivity index is 1.36. The van der Waals surface area contributed by atoms with Gasteiger partial charge in [0.05, 0.1) is 27.3 Å². The highest BCUT2D eigenvalue weighted by atomic mass is 32.2. The third kappa shape index (κ3) is 5.62. The van der Waals surface area contributed by atoms with E-state index in [1.165, 1.54) is 30.3 Å². The number of benzene rings is 2. The zero-order valence-electron chi connectivity index (χ0n) is 18.7. The fourth-order valence-corrected chi connectivity index (χ4v) is 4.21. The van der Waals surface area contributed by atoms with Gasteiger partial charge in [0.15, 0.2) is 0 Å². The summed E-state index contributed by atoms with van der Waals surface area (Å²) in [7, 11) is 0. The number of carbonyl (C=O) groups is 3. The predicted molar refractivity (Wildman–Crippen MR) is 127 cm³/mol. The van der Waals surface area contributed by atoms with Crippen molar-refractivity contribution in [1.82, 2.24) is 20.2 Å². The highest BCUT2D eigenvalue weighted by Gasteiger charge is 2.34. The number of hydrogen-bond acceptors (Lipinski definition) is 7. The average molecular weight is 499 g/mol. The van der Waals surface area contributed by atoms with Crippen LogP contribution in [0, 0.1) is 13.8 Å². The third-order valence-electron chi connectivity index (χ3n) is 5.24. The largest absolute Gasteiger partial charge is 0.435 e. The van der Waals surface area contributed by atoms with E-state index in [0.717, 1.165) is 28.0 Å². The Morgan fingerprint density at radius 2 is 1.77 bits per heavy atom. The molecule has 3 aromatic rings. The summed E-state index contributed by atoms with van der Waals surface area (Å²) in [4.78, 5) is 47.6. The molecule has 2 aromatic carbocycles. The number of aryl methyl sites for hydroxylation is 2. The minimum absolute atomic E-state index is 0.000598. The van der Waals surface area contributed by atoms with Crippen molar-refractivity contribution >= 4 is 45.9 Å². The predicted octanol–water partition coefficient (Wildman–Crippen LogP) is 4.31. The van der Waals surface area contributed by atoms with Crippen LogP contribution >= 0.6 is 11.8 Å². The maximum absolute atomic E-state index is 12.6. The van der Waals surface area contributed by atoms with Crippen LogP contribution < -0.4 is 10.1 Å². The van der Waals surface area contributed by atoms with Crippen LogP contribution in [0.5, 0.6) is 5.75 Å². The summed E-state index contributed by atoms with van der Waals surface area (Å²) in [6, 6.07) is 10.7. The average Bonchev–Trinajstić information content (AvgIpc) is 3.07. The number of carbonyl (C=O) groups excluding carboxylic acids is 3. The van der Waals surface area contributed by atoms with E-state index in [1.54, 1.807) is 18.2 Å². The van der Waals surface area contributed by atoms with Crippen LogP contribution in [0.4, 0.5) is 13.6 Å². The number of rotatable bonds is 7. The molecule has 2 heterocycles. The lowest BCUT2D eigenvalue weighted by Crippen LogP contribution is -2.37. The molecule has 0 spiro atoms. The van der Waals surface area contributed by atoms with Crippen molar-refractivity contribution < 1.29 is 27.9 Å². The van der Waals surface area contributed by atoms with Crippen LogP contribution in [-0.4, -0.2) is 51.6 Å². The quantitative estimate of drug-likeness (QED) is 0.484. The van der Waals surface area contributed by atoms with Gasteiger partial charge in [-0.2, -0.15) is 8.78 Å². The molecule has 1 aliphatic rings. The van der Waals surface area contributed by atoms with Crippen molar-refractivity contribution in [2.24, 2.45) is 0 Å². The van der Waals surface area contributed by atoms with E-state index < -0.39 is 17.8 Å². The molecule has 0 saturated carbocycles. The molecule has 1 fully saturated rings. The van der Waals surface area contributed by atoms with Gasteiger partial charge in [0.1, 0.15) is 5.75 Å². The SMILES string of the molecule is Cc1nc2ccc(C(=O)NCCN3C(=O)S/C(=C\c4ccc(OC(F)F)cc4)C3=O)cc2nc1C.